The van der Waals surface area contributed by atoms with E-state index in [9.17, 15) is 9.59 Å². The summed E-state index contributed by atoms with van der Waals surface area (Å²) in [5.41, 5.74) is 1.93. The van der Waals surface area contributed by atoms with Gasteiger partial charge in [-0.15, -0.1) is 0 Å². The molecule has 0 aliphatic carbocycles. The van der Waals surface area contributed by atoms with Crippen LogP contribution in [-0.4, -0.2) is 16.8 Å². The molecule has 0 saturated heterocycles. The van der Waals surface area contributed by atoms with Gasteiger partial charge in [0.15, 0.2) is 0 Å². The zero-order valence-corrected chi connectivity index (χ0v) is 10.1. The number of carbonyl (C=O) groups excluding carboxylic acids is 2. The topological polar surface area (TPSA) is 39.1 Å². The minimum Gasteiger partial charge on any atom is -0.298 e. The van der Waals surface area contributed by atoms with Crippen LogP contribution >= 0.6 is 0 Å². The molecule has 0 atom stereocenters. The Balaban J connectivity index is 2.15. The fourth-order valence-corrected chi connectivity index (χ4v) is 2.12. The number of aldehydes is 1. The molecule has 1 heterocycles. The number of carbonyl (C=O) groups is 2. The molecular formula is C16H11NO2. The zero-order chi connectivity index (χ0) is 13.2. The summed E-state index contributed by atoms with van der Waals surface area (Å²) < 4.78 is 1.57. The molecule has 3 aromatic rings. The molecular weight excluding hydrogens is 238 g/mol. The van der Waals surface area contributed by atoms with Crippen molar-refractivity contribution in [3.63, 3.8) is 0 Å². The summed E-state index contributed by atoms with van der Waals surface area (Å²) in [5, 5.41) is 0.940. The Bertz CT molecular complexity index is 757. The lowest BCUT2D eigenvalue weighted by molar-refractivity contribution is 0.0964. The van der Waals surface area contributed by atoms with E-state index in [1.54, 1.807) is 35.0 Å². The largest absolute Gasteiger partial charge is 0.298 e. The third kappa shape index (κ3) is 1.95. The van der Waals surface area contributed by atoms with E-state index in [4.69, 9.17) is 0 Å². The predicted octanol–water partition coefficient (Wildman–Crippen LogP) is 3.14. The first kappa shape index (κ1) is 11.4. The smallest absolute Gasteiger partial charge is 0.262 e. The summed E-state index contributed by atoms with van der Waals surface area (Å²) in [5.74, 6) is -0.0985. The first-order valence-corrected chi connectivity index (χ1v) is 5.95. The second-order valence-electron chi connectivity index (χ2n) is 4.29. The third-order valence-corrected chi connectivity index (χ3v) is 3.09. The van der Waals surface area contributed by atoms with E-state index in [2.05, 4.69) is 0 Å². The van der Waals surface area contributed by atoms with E-state index in [0.29, 0.717) is 11.1 Å². The first-order chi connectivity index (χ1) is 9.29. The lowest BCUT2D eigenvalue weighted by atomic mass is 10.1. The molecule has 0 saturated carbocycles. The van der Waals surface area contributed by atoms with Gasteiger partial charge in [0.25, 0.3) is 5.91 Å². The number of benzene rings is 2. The number of nitrogens with zero attached hydrogens (tertiary/aromatic N) is 1. The molecule has 0 radical (unpaired) electrons. The maximum atomic E-state index is 12.4. The maximum absolute atomic E-state index is 12.4. The summed E-state index contributed by atoms with van der Waals surface area (Å²) in [6.45, 7) is 0. The van der Waals surface area contributed by atoms with Crippen LogP contribution in [-0.2, 0) is 0 Å². The Morgan fingerprint density at radius 3 is 2.53 bits per heavy atom. The summed E-state index contributed by atoms with van der Waals surface area (Å²) in [6.07, 6.45) is 2.51. The van der Waals surface area contributed by atoms with Crippen LogP contribution in [0.1, 0.15) is 20.7 Å². The van der Waals surface area contributed by atoms with Crippen molar-refractivity contribution in [3.8, 4) is 0 Å². The van der Waals surface area contributed by atoms with E-state index >= 15 is 0 Å². The van der Waals surface area contributed by atoms with E-state index in [0.717, 1.165) is 17.2 Å². The fraction of sp³-hybridized carbons (Fsp3) is 0. The summed E-state index contributed by atoms with van der Waals surface area (Å²) in [4.78, 5) is 23.2. The van der Waals surface area contributed by atoms with Gasteiger partial charge in [-0.3, -0.25) is 14.2 Å². The minimum absolute atomic E-state index is 0.0985. The number of rotatable bonds is 2. The molecule has 2 aromatic carbocycles. The molecule has 0 unspecified atom stereocenters. The molecule has 0 aliphatic rings. The van der Waals surface area contributed by atoms with Crippen LogP contribution in [0.25, 0.3) is 10.9 Å². The summed E-state index contributed by atoms with van der Waals surface area (Å²) >= 11 is 0. The molecule has 3 rings (SSSR count). The van der Waals surface area contributed by atoms with Crippen LogP contribution in [0.5, 0.6) is 0 Å². The van der Waals surface area contributed by atoms with Crippen LogP contribution in [0.15, 0.2) is 60.8 Å². The van der Waals surface area contributed by atoms with E-state index in [-0.39, 0.29) is 5.91 Å². The van der Waals surface area contributed by atoms with Crippen molar-refractivity contribution in [2.45, 2.75) is 0 Å². The number of aromatic nitrogens is 1. The van der Waals surface area contributed by atoms with Gasteiger partial charge in [-0.2, -0.15) is 0 Å². The Morgan fingerprint density at radius 2 is 1.79 bits per heavy atom. The Morgan fingerprint density at radius 1 is 1.00 bits per heavy atom. The molecule has 0 spiro atoms. The third-order valence-electron chi connectivity index (χ3n) is 3.09. The Hall–Kier alpha value is -2.68. The lowest BCUT2D eigenvalue weighted by Gasteiger charge is -2.04. The second kappa shape index (κ2) is 4.53. The summed E-state index contributed by atoms with van der Waals surface area (Å²) in [7, 11) is 0. The van der Waals surface area contributed by atoms with E-state index in [1.807, 2.05) is 30.3 Å². The molecule has 0 bridgehead atoms. The van der Waals surface area contributed by atoms with Gasteiger partial charge in [0, 0.05) is 22.7 Å². The van der Waals surface area contributed by atoms with E-state index < -0.39 is 0 Å². The SMILES string of the molecule is O=Cc1ccc2ccn(C(=O)c3ccccc3)c2c1. The van der Waals surface area contributed by atoms with Crippen molar-refractivity contribution in [2.75, 3.05) is 0 Å². The number of hydrogen-bond donors (Lipinski definition) is 0. The van der Waals surface area contributed by atoms with Crippen molar-refractivity contribution in [1.82, 2.24) is 4.57 Å². The standard InChI is InChI=1S/C16H11NO2/c18-11-12-6-7-13-8-9-17(15(13)10-12)16(19)14-4-2-1-3-5-14/h1-11H. The van der Waals surface area contributed by atoms with Gasteiger partial charge in [-0.25, -0.2) is 0 Å². The van der Waals surface area contributed by atoms with Crippen LogP contribution in [0, 0.1) is 0 Å². The molecule has 1 aromatic heterocycles. The zero-order valence-electron chi connectivity index (χ0n) is 10.1. The quantitative estimate of drug-likeness (QED) is 0.654. The Labute approximate surface area is 110 Å². The molecule has 0 fully saturated rings. The molecule has 19 heavy (non-hydrogen) atoms. The molecule has 0 aliphatic heterocycles. The van der Waals surface area contributed by atoms with Gasteiger partial charge in [0.1, 0.15) is 6.29 Å². The van der Waals surface area contributed by atoms with Gasteiger partial charge in [-0.05, 0) is 24.3 Å². The predicted molar refractivity (Wildman–Crippen MR) is 73.5 cm³/mol. The Kier molecular flexibility index (Phi) is 2.72. The van der Waals surface area contributed by atoms with Crippen molar-refractivity contribution < 1.29 is 9.59 Å². The average molecular weight is 249 g/mol. The highest BCUT2D eigenvalue weighted by Gasteiger charge is 2.11. The number of fused-ring (bicyclic) bond motifs is 1. The van der Waals surface area contributed by atoms with Crippen LogP contribution in [0.4, 0.5) is 0 Å². The molecule has 0 amide bonds. The monoisotopic (exact) mass is 249 g/mol. The molecule has 92 valence electrons. The van der Waals surface area contributed by atoms with Crippen LogP contribution < -0.4 is 0 Å². The molecule has 0 N–H and O–H groups in total. The van der Waals surface area contributed by atoms with Crippen molar-refractivity contribution in [2.24, 2.45) is 0 Å². The van der Waals surface area contributed by atoms with Crippen molar-refractivity contribution in [1.29, 1.82) is 0 Å². The highest BCUT2D eigenvalue weighted by molar-refractivity contribution is 6.02. The second-order valence-corrected chi connectivity index (χ2v) is 4.29. The normalized spacial score (nSPS) is 10.5. The maximum Gasteiger partial charge on any atom is 0.262 e. The first-order valence-electron chi connectivity index (χ1n) is 5.95. The van der Waals surface area contributed by atoms with Gasteiger partial charge in [-0.1, -0.05) is 30.3 Å². The van der Waals surface area contributed by atoms with Gasteiger partial charge in [0.2, 0.25) is 0 Å². The molecule has 3 nitrogen and oxygen atoms in total. The fourth-order valence-electron chi connectivity index (χ4n) is 2.12. The van der Waals surface area contributed by atoms with Gasteiger partial charge < -0.3 is 0 Å². The van der Waals surface area contributed by atoms with Crippen molar-refractivity contribution >= 4 is 23.1 Å². The van der Waals surface area contributed by atoms with Gasteiger partial charge in [0.05, 0.1) is 5.52 Å². The highest BCUT2D eigenvalue weighted by Crippen LogP contribution is 2.18. The van der Waals surface area contributed by atoms with Crippen LogP contribution in [0.2, 0.25) is 0 Å². The molecule has 3 heteroatoms. The average Bonchev–Trinajstić information content (AvgIpc) is 2.90. The number of hydrogen-bond acceptors (Lipinski definition) is 2. The van der Waals surface area contributed by atoms with Gasteiger partial charge >= 0.3 is 0 Å². The van der Waals surface area contributed by atoms with Crippen molar-refractivity contribution in [3.05, 3.63) is 71.9 Å². The van der Waals surface area contributed by atoms with E-state index in [1.165, 1.54) is 0 Å². The highest BCUT2D eigenvalue weighted by atomic mass is 16.2. The minimum atomic E-state index is -0.0985. The summed E-state index contributed by atoms with van der Waals surface area (Å²) in [6, 6.07) is 16.3. The van der Waals surface area contributed by atoms with Crippen LogP contribution in [0.3, 0.4) is 0 Å². The lowest BCUT2D eigenvalue weighted by Crippen LogP contribution is -2.10.